The van der Waals surface area contributed by atoms with E-state index in [1.165, 1.54) is 0 Å². The molecule has 1 aliphatic heterocycles. The van der Waals surface area contributed by atoms with Gasteiger partial charge >= 0.3 is 5.97 Å². The van der Waals surface area contributed by atoms with Gasteiger partial charge in [-0.2, -0.15) is 0 Å². The minimum Gasteiger partial charge on any atom is -0.452 e. The average Bonchev–Trinajstić information content (AvgIpc) is 2.95. The molecule has 2 heterocycles. The first-order valence-corrected chi connectivity index (χ1v) is 7.54. The van der Waals surface area contributed by atoms with Crippen molar-refractivity contribution in [3.63, 3.8) is 0 Å². The Morgan fingerprint density at radius 3 is 2.91 bits per heavy atom. The molecule has 1 N–H and O–H groups in total. The van der Waals surface area contributed by atoms with E-state index in [1.807, 2.05) is 0 Å². The normalized spacial score (nSPS) is 17.3. The minimum atomic E-state index is -0.651. The summed E-state index contributed by atoms with van der Waals surface area (Å²) in [7, 11) is 0. The summed E-state index contributed by atoms with van der Waals surface area (Å²) in [6.07, 6.45) is 2.00. The molecule has 6 nitrogen and oxygen atoms in total. The van der Waals surface area contributed by atoms with Gasteiger partial charge in [0.05, 0.1) is 11.7 Å². The lowest BCUT2D eigenvalue weighted by molar-refractivity contribution is -0.124. The van der Waals surface area contributed by atoms with Gasteiger partial charge < -0.3 is 14.8 Å². The Bertz CT molecular complexity index is 548. The summed E-state index contributed by atoms with van der Waals surface area (Å²) in [5.41, 5.74) is 1.58. The first kappa shape index (κ1) is 16.7. The third-order valence-electron chi connectivity index (χ3n) is 3.39. The maximum atomic E-state index is 12.0. The molecule has 1 saturated heterocycles. The average molecular weight is 327 g/mol. The minimum absolute atomic E-state index is 0.0534. The van der Waals surface area contributed by atoms with E-state index < -0.39 is 5.97 Å². The smallest absolute Gasteiger partial charge is 0.342 e. The number of nitrogens with zero attached hydrogens (tertiary/aromatic N) is 1. The number of amides is 1. The second-order valence-corrected chi connectivity index (χ2v) is 5.62. The largest absolute Gasteiger partial charge is 0.452 e. The Hall–Kier alpha value is -1.66. The lowest BCUT2D eigenvalue weighted by atomic mass is 10.1. The van der Waals surface area contributed by atoms with Crippen LogP contribution in [0.3, 0.4) is 0 Å². The van der Waals surface area contributed by atoms with Gasteiger partial charge in [0.15, 0.2) is 6.61 Å². The quantitative estimate of drug-likeness (QED) is 0.659. The molecule has 0 aromatic carbocycles. The Morgan fingerprint density at radius 1 is 1.50 bits per heavy atom. The summed E-state index contributed by atoms with van der Waals surface area (Å²) in [4.78, 5) is 27.7. The number of carbonyl (C=O) groups excluding carboxylic acids is 2. The molecule has 1 fully saturated rings. The van der Waals surface area contributed by atoms with E-state index in [1.54, 1.807) is 19.9 Å². The van der Waals surface area contributed by atoms with E-state index in [0.717, 1.165) is 19.4 Å². The van der Waals surface area contributed by atoms with Crippen LogP contribution in [0.1, 0.15) is 34.5 Å². The van der Waals surface area contributed by atoms with Crippen molar-refractivity contribution in [2.45, 2.75) is 32.8 Å². The standard InChI is InChI=1S/C15H19ClN2O4/c1-9-6-10(2)18-14(16)13(9)15(20)22-8-12(19)17-7-11-4-3-5-21-11/h6,11H,3-5,7-8H2,1-2H3,(H,17,19)/t11-/m0/s1. The summed E-state index contributed by atoms with van der Waals surface area (Å²) in [6, 6.07) is 1.74. The van der Waals surface area contributed by atoms with Crippen molar-refractivity contribution in [2.24, 2.45) is 0 Å². The number of hydrogen-bond acceptors (Lipinski definition) is 5. The Balaban J connectivity index is 1.83. The van der Waals surface area contributed by atoms with Gasteiger partial charge in [-0.1, -0.05) is 11.6 Å². The van der Waals surface area contributed by atoms with Crippen LogP contribution in [-0.4, -0.2) is 42.7 Å². The molecule has 1 atom stereocenters. The number of hydrogen-bond donors (Lipinski definition) is 1. The fourth-order valence-electron chi connectivity index (χ4n) is 2.32. The van der Waals surface area contributed by atoms with Gasteiger partial charge in [-0.15, -0.1) is 0 Å². The number of pyridine rings is 1. The molecular weight excluding hydrogens is 308 g/mol. The fourth-order valence-corrected chi connectivity index (χ4v) is 2.68. The topological polar surface area (TPSA) is 77.5 Å². The predicted molar refractivity (Wildman–Crippen MR) is 81.0 cm³/mol. The Morgan fingerprint density at radius 2 is 2.27 bits per heavy atom. The Labute approximate surface area is 134 Å². The first-order chi connectivity index (χ1) is 10.5. The molecule has 1 aromatic rings. The maximum absolute atomic E-state index is 12.0. The van der Waals surface area contributed by atoms with Crippen LogP contribution in [0.25, 0.3) is 0 Å². The number of rotatable bonds is 5. The van der Waals surface area contributed by atoms with Gasteiger partial charge in [-0.3, -0.25) is 4.79 Å². The molecular formula is C15H19ClN2O4. The molecule has 0 radical (unpaired) electrons. The molecule has 0 aliphatic carbocycles. The fraction of sp³-hybridized carbons (Fsp3) is 0.533. The second kappa shape index (κ2) is 7.56. The van der Waals surface area contributed by atoms with Crippen LogP contribution in [0.2, 0.25) is 5.15 Å². The second-order valence-electron chi connectivity index (χ2n) is 5.26. The van der Waals surface area contributed by atoms with Crippen molar-refractivity contribution in [3.8, 4) is 0 Å². The molecule has 1 amide bonds. The molecule has 0 bridgehead atoms. The molecule has 7 heteroatoms. The SMILES string of the molecule is Cc1cc(C)c(C(=O)OCC(=O)NC[C@@H]2CCCO2)c(Cl)n1. The number of esters is 1. The number of aryl methyl sites for hydroxylation is 2. The number of nitrogens with one attached hydrogen (secondary N) is 1. The van der Waals surface area contributed by atoms with Crippen molar-refractivity contribution in [2.75, 3.05) is 19.8 Å². The third kappa shape index (κ3) is 4.42. The molecule has 1 aliphatic rings. The van der Waals surface area contributed by atoms with Gasteiger partial charge in [0.2, 0.25) is 0 Å². The van der Waals surface area contributed by atoms with Crippen LogP contribution in [0.5, 0.6) is 0 Å². The first-order valence-electron chi connectivity index (χ1n) is 7.16. The Kier molecular flexibility index (Phi) is 5.74. The molecule has 2 rings (SSSR count). The van der Waals surface area contributed by atoms with Crippen LogP contribution >= 0.6 is 11.6 Å². The van der Waals surface area contributed by atoms with Crippen molar-refractivity contribution < 1.29 is 19.1 Å². The van der Waals surface area contributed by atoms with E-state index in [2.05, 4.69) is 10.3 Å². The summed E-state index contributed by atoms with van der Waals surface area (Å²) in [5.74, 6) is -1.01. The molecule has 22 heavy (non-hydrogen) atoms. The molecule has 120 valence electrons. The van der Waals surface area contributed by atoms with E-state index in [9.17, 15) is 9.59 Å². The zero-order chi connectivity index (χ0) is 16.1. The maximum Gasteiger partial charge on any atom is 0.342 e. The van der Waals surface area contributed by atoms with Crippen molar-refractivity contribution in [3.05, 3.63) is 28.0 Å². The van der Waals surface area contributed by atoms with Crippen LogP contribution < -0.4 is 5.32 Å². The van der Waals surface area contributed by atoms with Crippen molar-refractivity contribution in [1.82, 2.24) is 10.3 Å². The molecule has 0 saturated carbocycles. The zero-order valence-electron chi connectivity index (χ0n) is 12.6. The van der Waals surface area contributed by atoms with Crippen molar-refractivity contribution >= 4 is 23.5 Å². The highest BCUT2D eigenvalue weighted by atomic mass is 35.5. The summed E-state index contributed by atoms with van der Waals surface area (Å²) >= 11 is 5.96. The lowest BCUT2D eigenvalue weighted by Gasteiger charge is -2.12. The number of ether oxygens (including phenoxy) is 2. The highest BCUT2D eigenvalue weighted by molar-refractivity contribution is 6.32. The molecule has 0 spiro atoms. The number of aromatic nitrogens is 1. The van der Waals surface area contributed by atoms with E-state index >= 15 is 0 Å². The zero-order valence-corrected chi connectivity index (χ0v) is 13.4. The van der Waals surface area contributed by atoms with E-state index in [0.29, 0.717) is 17.8 Å². The monoisotopic (exact) mass is 326 g/mol. The van der Waals surface area contributed by atoms with Gasteiger partial charge in [-0.25, -0.2) is 9.78 Å². The number of halogens is 1. The van der Waals surface area contributed by atoms with Gasteiger partial charge in [-0.05, 0) is 38.3 Å². The molecule has 0 unspecified atom stereocenters. The number of carbonyl (C=O) groups is 2. The van der Waals surface area contributed by atoms with Crippen LogP contribution in [0.4, 0.5) is 0 Å². The third-order valence-corrected chi connectivity index (χ3v) is 3.66. The summed E-state index contributed by atoms with van der Waals surface area (Å²) < 4.78 is 10.4. The van der Waals surface area contributed by atoms with E-state index in [4.69, 9.17) is 21.1 Å². The highest BCUT2D eigenvalue weighted by Gasteiger charge is 2.19. The van der Waals surface area contributed by atoms with Crippen LogP contribution in [0, 0.1) is 13.8 Å². The predicted octanol–water partition coefficient (Wildman–Crippen LogP) is 1.80. The van der Waals surface area contributed by atoms with Crippen molar-refractivity contribution in [1.29, 1.82) is 0 Å². The highest BCUT2D eigenvalue weighted by Crippen LogP contribution is 2.19. The van der Waals surface area contributed by atoms with Gasteiger partial charge in [0.25, 0.3) is 5.91 Å². The summed E-state index contributed by atoms with van der Waals surface area (Å²) in [6.45, 7) is 4.34. The molecule has 1 aromatic heterocycles. The lowest BCUT2D eigenvalue weighted by Crippen LogP contribution is -2.34. The van der Waals surface area contributed by atoms with Crippen LogP contribution in [-0.2, 0) is 14.3 Å². The summed E-state index contributed by atoms with van der Waals surface area (Å²) in [5, 5.41) is 2.77. The van der Waals surface area contributed by atoms with Crippen LogP contribution in [0.15, 0.2) is 6.07 Å². The van der Waals surface area contributed by atoms with Gasteiger partial charge in [0, 0.05) is 18.8 Å². The van der Waals surface area contributed by atoms with Gasteiger partial charge in [0.1, 0.15) is 5.15 Å². The van der Waals surface area contributed by atoms with E-state index in [-0.39, 0.29) is 29.3 Å².